The lowest BCUT2D eigenvalue weighted by Gasteiger charge is -2.08. The van der Waals surface area contributed by atoms with Gasteiger partial charge in [0.05, 0.1) is 30.2 Å². The lowest BCUT2D eigenvalue weighted by molar-refractivity contribution is -0.0375. The van der Waals surface area contributed by atoms with Gasteiger partial charge in [-0.2, -0.15) is 4.31 Å². The van der Waals surface area contributed by atoms with Gasteiger partial charge < -0.3 is 18.9 Å². The third-order valence-electron chi connectivity index (χ3n) is 3.58. The smallest absolute Gasteiger partial charge is 0.243 e. The molecule has 8 heteroatoms. The summed E-state index contributed by atoms with van der Waals surface area (Å²) in [5.74, 6) is 0. The summed E-state index contributed by atoms with van der Waals surface area (Å²) in [4.78, 5) is 0.272. The number of rotatable bonds is 10. The highest BCUT2D eigenvalue weighted by Crippen LogP contribution is 2.36. The van der Waals surface area contributed by atoms with Gasteiger partial charge in [0.25, 0.3) is 0 Å². The number of aryl methyl sites for hydroxylation is 1. The largest absolute Gasteiger partial charge is 0.359 e. The molecule has 1 aromatic rings. The molecule has 0 radical (unpaired) electrons. The van der Waals surface area contributed by atoms with E-state index in [-0.39, 0.29) is 43.8 Å². The number of hydrogen-bond acceptors (Lipinski definition) is 6. The zero-order chi connectivity index (χ0) is 16.9. The van der Waals surface area contributed by atoms with E-state index < -0.39 is 10.0 Å². The van der Waals surface area contributed by atoms with Crippen molar-refractivity contribution in [3.05, 3.63) is 29.8 Å². The molecule has 1 aromatic carbocycles. The first kappa shape index (κ1) is 18.3. The van der Waals surface area contributed by atoms with Crippen molar-refractivity contribution < 1.29 is 27.4 Å². The SMILES string of the molecule is COCOC[C@H]1[C@H](COCOC)N1S(=O)(=O)c1ccc(C)cc1. The van der Waals surface area contributed by atoms with Crippen LogP contribution in [0.4, 0.5) is 0 Å². The molecule has 1 fully saturated rings. The monoisotopic (exact) mass is 345 g/mol. The van der Waals surface area contributed by atoms with Gasteiger partial charge in [-0.15, -0.1) is 0 Å². The van der Waals surface area contributed by atoms with Crippen LogP contribution in [0.25, 0.3) is 0 Å². The molecule has 0 N–H and O–H groups in total. The van der Waals surface area contributed by atoms with E-state index in [1.807, 2.05) is 6.92 Å². The van der Waals surface area contributed by atoms with Crippen molar-refractivity contribution in [3.8, 4) is 0 Å². The molecule has 23 heavy (non-hydrogen) atoms. The lowest BCUT2D eigenvalue weighted by Crippen LogP contribution is -2.18. The fourth-order valence-electron chi connectivity index (χ4n) is 2.37. The number of nitrogens with zero attached hydrogens (tertiary/aromatic N) is 1. The van der Waals surface area contributed by atoms with E-state index in [0.29, 0.717) is 0 Å². The minimum atomic E-state index is -3.56. The Labute approximate surface area is 137 Å². The first-order valence-electron chi connectivity index (χ1n) is 7.26. The number of methoxy groups -OCH3 is 2. The average molecular weight is 345 g/mol. The molecule has 0 bridgehead atoms. The van der Waals surface area contributed by atoms with E-state index in [0.717, 1.165) is 5.56 Å². The number of benzene rings is 1. The van der Waals surface area contributed by atoms with Crippen LogP contribution >= 0.6 is 0 Å². The molecule has 130 valence electrons. The Hall–Kier alpha value is -1.03. The highest BCUT2D eigenvalue weighted by molar-refractivity contribution is 7.89. The maximum Gasteiger partial charge on any atom is 0.243 e. The van der Waals surface area contributed by atoms with Crippen LogP contribution in [0.15, 0.2) is 29.2 Å². The van der Waals surface area contributed by atoms with Gasteiger partial charge >= 0.3 is 0 Å². The lowest BCUT2D eigenvalue weighted by atomic mass is 10.2. The van der Waals surface area contributed by atoms with Crippen molar-refractivity contribution in [1.29, 1.82) is 0 Å². The maximum atomic E-state index is 12.7. The molecule has 0 unspecified atom stereocenters. The molecule has 2 rings (SSSR count). The minimum Gasteiger partial charge on any atom is -0.359 e. The van der Waals surface area contributed by atoms with Crippen molar-refractivity contribution >= 4 is 10.0 Å². The van der Waals surface area contributed by atoms with Crippen LogP contribution in [0.3, 0.4) is 0 Å². The van der Waals surface area contributed by atoms with Gasteiger partial charge in [-0.05, 0) is 19.1 Å². The Kier molecular flexibility index (Phi) is 6.51. The summed E-state index contributed by atoms with van der Waals surface area (Å²) in [7, 11) is -0.522. The molecular weight excluding hydrogens is 322 g/mol. The fraction of sp³-hybridized carbons (Fsp3) is 0.600. The number of hydrogen-bond donors (Lipinski definition) is 0. The van der Waals surface area contributed by atoms with Crippen LogP contribution in [0.5, 0.6) is 0 Å². The second kappa shape index (κ2) is 8.18. The quantitative estimate of drug-likeness (QED) is 0.357. The van der Waals surface area contributed by atoms with Gasteiger partial charge in [-0.1, -0.05) is 17.7 Å². The summed E-state index contributed by atoms with van der Waals surface area (Å²) in [5.41, 5.74) is 1.01. The molecule has 0 spiro atoms. The Bertz CT molecular complexity index is 572. The molecular formula is C15H23NO6S. The van der Waals surface area contributed by atoms with Gasteiger partial charge in [0, 0.05) is 14.2 Å². The maximum absolute atomic E-state index is 12.7. The van der Waals surface area contributed by atoms with E-state index in [1.54, 1.807) is 24.3 Å². The zero-order valence-corrected chi connectivity index (χ0v) is 14.4. The topological polar surface area (TPSA) is 74.1 Å². The second-order valence-electron chi connectivity index (χ2n) is 5.34. The molecule has 0 aromatic heterocycles. The molecule has 7 nitrogen and oxygen atoms in total. The predicted octanol–water partition coefficient (Wildman–Crippen LogP) is 0.978. The zero-order valence-electron chi connectivity index (χ0n) is 13.6. The van der Waals surface area contributed by atoms with Crippen LogP contribution in [0.2, 0.25) is 0 Å². The van der Waals surface area contributed by atoms with Gasteiger partial charge in [-0.3, -0.25) is 0 Å². The molecule has 0 amide bonds. The van der Waals surface area contributed by atoms with Crippen LogP contribution < -0.4 is 0 Å². The second-order valence-corrected chi connectivity index (χ2v) is 7.18. The van der Waals surface area contributed by atoms with E-state index in [1.165, 1.54) is 18.5 Å². The summed E-state index contributed by atoms with van der Waals surface area (Å²) in [6.45, 7) is 2.69. The van der Waals surface area contributed by atoms with E-state index in [9.17, 15) is 8.42 Å². The van der Waals surface area contributed by atoms with Gasteiger partial charge in [0.2, 0.25) is 10.0 Å². The van der Waals surface area contributed by atoms with Crippen LogP contribution in [0, 0.1) is 6.92 Å². The summed E-state index contributed by atoms with van der Waals surface area (Å²) in [6.07, 6.45) is 0. The van der Waals surface area contributed by atoms with Crippen molar-refractivity contribution in [1.82, 2.24) is 4.31 Å². The van der Waals surface area contributed by atoms with E-state index >= 15 is 0 Å². The molecule has 0 saturated carbocycles. The molecule has 1 heterocycles. The summed E-state index contributed by atoms with van der Waals surface area (Å²) >= 11 is 0. The molecule has 1 saturated heterocycles. The van der Waals surface area contributed by atoms with Crippen molar-refractivity contribution in [2.24, 2.45) is 0 Å². The minimum absolute atomic E-state index is 0.126. The van der Waals surface area contributed by atoms with Crippen LogP contribution in [-0.2, 0) is 29.0 Å². The third kappa shape index (κ3) is 4.50. The first-order chi connectivity index (χ1) is 11.0. The number of ether oxygens (including phenoxy) is 4. The highest BCUT2D eigenvalue weighted by atomic mass is 32.2. The third-order valence-corrected chi connectivity index (χ3v) is 5.55. The fourth-order valence-corrected chi connectivity index (χ4v) is 4.16. The predicted molar refractivity (Wildman–Crippen MR) is 83.4 cm³/mol. The summed E-state index contributed by atoms with van der Waals surface area (Å²) < 4.78 is 47.2. The summed E-state index contributed by atoms with van der Waals surface area (Å²) in [6, 6.07) is 6.28. The van der Waals surface area contributed by atoms with E-state index in [2.05, 4.69) is 0 Å². The van der Waals surface area contributed by atoms with Gasteiger partial charge in [0.15, 0.2) is 0 Å². The van der Waals surface area contributed by atoms with Gasteiger partial charge in [0.1, 0.15) is 13.6 Å². The molecule has 0 aliphatic carbocycles. The van der Waals surface area contributed by atoms with E-state index in [4.69, 9.17) is 18.9 Å². The summed E-state index contributed by atoms with van der Waals surface area (Å²) in [5, 5.41) is 0. The van der Waals surface area contributed by atoms with Crippen LogP contribution in [0.1, 0.15) is 5.56 Å². The molecule has 2 atom stereocenters. The molecule has 1 aliphatic heterocycles. The Morgan fingerprint density at radius 2 is 1.43 bits per heavy atom. The number of sulfonamides is 1. The normalized spacial score (nSPS) is 23.9. The first-order valence-corrected chi connectivity index (χ1v) is 8.70. The standard InChI is InChI=1S/C15H23NO6S/c1-12-4-6-13(7-5-12)23(17,18)16-14(8-21-10-19-2)15(16)9-22-11-20-3/h4-7,14-15H,8-11H2,1-3H3/t14-,15-/m0/s1. The molecule has 1 aliphatic rings. The highest BCUT2D eigenvalue weighted by Gasteiger charge is 2.55. The van der Waals surface area contributed by atoms with Crippen molar-refractivity contribution in [3.63, 3.8) is 0 Å². The van der Waals surface area contributed by atoms with Crippen molar-refractivity contribution in [2.75, 3.05) is 41.0 Å². The average Bonchev–Trinajstić information content (AvgIpc) is 3.22. The Morgan fingerprint density at radius 1 is 0.957 bits per heavy atom. The Morgan fingerprint density at radius 3 is 1.87 bits per heavy atom. The van der Waals surface area contributed by atoms with Crippen molar-refractivity contribution in [2.45, 2.75) is 23.9 Å². The Balaban J connectivity index is 2.08. The van der Waals surface area contributed by atoms with Crippen LogP contribution in [-0.4, -0.2) is 65.8 Å². The van der Waals surface area contributed by atoms with Gasteiger partial charge in [-0.25, -0.2) is 8.42 Å².